The van der Waals surface area contributed by atoms with Gasteiger partial charge in [0.05, 0.1) is 35.8 Å². The second-order valence-corrected chi connectivity index (χ2v) is 6.04. The SMILES string of the molecule is N#Cc1ccc2c(c1)C(C1=CCCCC1)=NCc1ncc(C=O)n1-2. The van der Waals surface area contributed by atoms with Crippen molar-refractivity contribution in [2.75, 3.05) is 0 Å². The summed E-state index contributed by atoms with van der Waals surface area (Å²) in [6.45, 7) is 0.428. The number of aromatic nitrogens is 2. The summed E-state index contributed by atoms with van der Waals surface area (Å²) in [4.78, 5) is 20.5. The fourth-order valence-corrected chi connectivity index (χ4v) is 3.43. The zero-order valence-corrected chi connectivity index (χ0v) is 13.2. The molecule has 2 aliphatic rings. The maximum absolute atomic E-state index is 11.4. The third kappa shape index (κ3) is 2.28. The number of allylic oxidation sites excluding steroid dienone is 2. The summed E-state index contributed by atoms with van der Waals surface area (Å²) in [5, 5.41) is 9.28. The number of benzene rings is 1. The van der Waals surface area contributed by atoms with E-state index in [1.807, 2.05) is 16.7 Å². The van der Waals surface area contributed by atoms with Crippen molar-refractivity contribution in [3.05, 3.63) is 58.7 Å². The van der Waals surface area contributed by atoms with Gasteiger partial charge in [0.1, 0.15) is 11.5 Å². The molecule has 1 aromatic heterocycles. The van der Waals surface area contributed by atoms with Crippen molar-refractivity contribution >= 4 is 12.0 Å². The number of aliphatic imine (C=N–C) groups is 1. The van der Waals surface area contributed by atoms with Gasteiger partial charge in [0.2, 0.25) is 0 Å². The van der Waals surface area contributed by atoms with Gasteiger partial charge in [-0.3, -0.25) is 14.4 Å². The molecular formula is C19H16N4O. The summed E-state index contributed by atoms with van der Waals surface area (Å²) in [7, 11) is 0. The van der Waals surface area contributed by atoms with Crippen LogP contribution in [0.25, 0.3) is 5.69 Å². The number of hydrogen-bond acceptors (Lipinski definition) is 4. The fourth-order valence-electron chi connectivity index (χ4n) is 3.43. The zero-order chi connectivity index (χ0) is 16.5. The van der Waals surface area contributed by atoms with Gasteiger partial charge in [-0.25, -0.2) is 4.98 Å². The highest BCUT2D eigenvalue weighted by atomic mass is 16.1. The van der Waals surface area contributed by atoms with Crippen LogP contribution in [0.4, 0.5) is 0 Å². The molecule has 1 aromatic carbocycles. The minimum absolute atomic E-state index is 0.428. The van der Waals surface area contributed by atoms with E-state index in [9.17, 15) is 10.1 Å². The van der Waals surface area contributed by atoms with Crippen LogP contribution in [0.3, 0.4) is 0 Å². The summed E-state index contributed by atoms with van der Waals surface area (Å²) in [6.07, 6.45) is 9.05. The molecule has 0 fully saturated rings. The number of hydrogen-bond donors (Lipinski definition) is 0. The normalized spacial score (nSPS) is 16.1. The Morgan fingerprint density at radius 1 is 1.29 bits per heavy atom. The van der Waals surface area contributed by atoms with Gasteiger partial charge in [-0.05, 0) is 49.5 Å². The van der Waals surface area contributed by atoms with E-state index in [1.165, 1.54) is 12.0 Å². The Kier molecular flexibility index (Phi) is 3.58. The molecule has 118 valence electrons. The van der Waals surface area contributed by atoms with E-state index in [4.69, 9.17) is 4.99 Å². The van der Waals surface area contributed by atoms with E-state index in [-0.39, 0.29) is 0 Å². The lowest BCUT2D eigenvalue weighted by molar-refractivity contribution is 0.111. The number of carbonyl (C=O) groups excluding carboxylic acids is 1. The first kappa shape index (κ1) is 14.6. The molecule has 0 radical (unpaired) electrons. The molecule has 5 heteroatoms. The van der Waals surface area contributed by atoms with Gasteiger partial charge >= 0.3 is 0 Å². The Hall–Kier alpha value is -3.00. The topological polar surface area (TPSA) is 71.0 Å². The first-order chi connectivity index (χ1) is 11.8. The van der Waals surface area contributed by atoms with Crippen LogP contribution in [-0.4, -0.2) is 21.5 Å². The van der Waals surface area contributed by atoms with Gasteiger partial charge in [0.15, 0.2) is 6.29 Å². The first-order valence-electron chi connectivity index (χ1n) is 8.12. The quantitative estimate of drug-likeness (QED) is 0.798. The van der Waals surface area contributed by atoms with Gasteiger partial charge in [0, 0.05) is 5.56 Å². The predicted octanol–water partition coefficient (Wildman–Crippen LogP) is 3.36. The molecule has 5 nitrogen and oxygen atoms in total. The van der Waals surface area contributed by atoms with Crippen molar-refractivity contribution < 1.29 is 4.79 Å². The smallest absolute Gasteiger partial charge is 0.168 e. The van der Waals surface area contributed by atoms with E-state index in [0.29, 0.717) is 17.8 Å². The Morgan fingerprint density at radius 2 is 2.21 bits per heavy atom. The molecule has 0 spiro atoms. The number of nitrogens with zero attached hydrogens (tertiary/aromatic N) is 4. The fraction of sp³-hybridized carbons (Fsp3) is 0.263. The van der Waals surface area contributed by atoms with Gasteiger partial charge in [-0.2, -0.15) is 5.26 Å². The molecule has 0 saturated carbocycles. The number of carbonyl (C=O) groups is 1. The Bertz CT molecular complexity index is 927. The Labute approximate surface area is 140 Å². The molecule has 2 heterocycles. The molecular weight excluding hydrogens is 300 g/mol. The number of fused-ring (bicyclic) bond motifs is 3. The molecule has 0 atom stereocenters. The zero-order valence-electron chi connectivity index (χ0n) is 13.2. The lowest BCUT2D eigenvalue weighted by Gasteiger charge is -2.17. The van der Waals surface area contributed by atoms with Crippen molar-refractivity contribution in [2.45, 2.75) is 32.2 Å². The lowest BCUT2D eigenvalue weighted by Crippen LogP contribution is -2.11. The van der Waals surface area contributed by atoms with Gasteiger partial charge < -0.3 is 0 Å². The molecule has 0 saturated heterocycles. The monoisotopic (exact) mass is 316 g/mol. The second kappa shape index (κ2) is 5.89. The molecule has 0 unspecified atom stereocenters. The van der Waals surface area contributed by atoms with E-state index in [1.54, 1.807) is 12.3 Å². The Morgan fingerprint density at radius 3 is 2.96 bits per heavy atom. The molecule has 1 aliphatic heterocycles. The van der Waals surface area contributed by atoms with Gasteiger partial charge in [-0.15, -0.1) is 0 Å². The molecule has 24 heavy (non-hydrogen) atoms. The predicted molar refractivity (Wildman–Crippen MR) is 90.5 cm³/mol. The number of imidazole rings is 1. The summed E-state index contributed by atoms with van der Waals surface area (Å²) >= 11 is 0. The molecule has 4 rings (SSSR count). The third-order valence-electron chi connectivity index (χ3n) is 4.58. The van der Waals surface area contributed by atoms with Crippen LogP contribution in [0, 0.1) is 11.3 Å². The van der Waals surface area contributed by atoms with Crippen LogP contribution in [0.15, 0.2) is 41.0 Å². The third-order valence-corrected chi connectivity index (χ3v) is 4.58. The van der Waals surface area contributed by atoms with Crippen molar-refractivity contribution in [3.63, 3.8) is 0 Å². The van der Waals surface area contributed by atoms with Crippen LogP contribution in [0.2, 0.25) is 0 Å². The lowest BCUT2D eigenvalue weighted by atomic mass is 9.91. The van der Waals surface area contributed by atoms with Crippen LogP contribution < -0.4 is 0 Å². The summed E-state index contributed by atoms with van der Waals surface area (Å²) < 4.78 is 1.85. The van der Waals surface area contributed by atoms with Crippen molar-refractivity contribution in [3.8, 4) is 11.8 Å². The average molecular weight is 316 g/mol. The van der Waals surface area contributed by atoms with E-state index < -0.39 is 0 Å². The minimum atomic E-state index is 0.428. The molecule has 1 aliphatic carbocycles. The number of aldehydes is 1. The molecule has 0 bridgehead atoms. The van der Waals surface area contributed by atoms with E-state index in [0.717, 1.165) is 48.3 Å². The largest absolute Gasteiger partial charge is 0.296 e. The van der Waals surface area contributed by atoms with Crippen LogP contribution >= 0.6 is 0 Å². The maximum Gasteiger partial charge on any atom is 0.168 e. The summed E-state index contributed by atoms with van der Waals surface area (Å²) in [6, 6.07) is 7.73. The Balaban J connectivity index is 1.97. The standard InChI is InChI=1S/C19H16N4O/c20-9-13-6-7-17-16(8-13)19(14-4-2-1-3-5-14)22-11-18-21-10-15(12-24)23(17)18/h4,6-8,10,12H,1-3,5,11H2. The van der Waals surface area contributed by atoms with Gasteiger partial charge in [0.25, 0.3) is 0 Å². The van der Waals surface area contributed by atoms with Crippen molar-refractivity contribution in [1.82, 2.24) is 9.55 Å². The van der Waals surface area contributed by atoms with Crippen LogP contribution in [-0.2, 0) is 6.54 Å². The number of rotatable bonds is 2. The molecule has 2 aromatic rings. The van der Waals surface area contributed by atoms with E-state index >= 15 is 0 Å². The minimum Gasteiger partial charge on any atom is -0.296 e. The van der Waals surface area contributed by atoms with Crippen LogP contribution in [0.5, 0.6) is 0 Å². The van der Waals surface area contributed by atoms with Crippen LogP contribution in [0.1, 0.15) is 53.1 Å². The molecule has 0 amide bonds. The molecule has 0 N–H and O–H groups in total. The summed E-state index contributed by atoms with van der Waals surface area (Å²) in [5.74, 6) is 0.745. The number of nitriles is 1. The first-order valence-corrected chi connectivity index (χ1v) is 8.12. The highest BCUT2D eigenvalue weighted by Gasteiger charge is 2.23. The summed E-state index contributed by atoms with van der Waals surface area (Å²) in [5.41, 5.74) is 5.03. The highest BCUT2D eigenvalue weighted by Crippen LogP contribution is 2.30. The van der Waals surface area contributed by atoms with Crippen molar-refractivity contribution in [2.24, 2.45) is 4.99 Å². The second-order valence-electron chi connectivity index (χ2n) is 6.04. The van der Waals surface area contributed by atoms with E-state index in [2.05, 4.69) is 17.1 Å². The average Bonchev–Trinajstić information content (AvgIpc) is 2.98. The maximum atomic E-state index is 11.4. The highest BCUT2D eigenvalue weighted by molar-refractivity contribution is 6.15. The van der Waals surface area contributed by atoms with Gasteiger partial charge in [-0.1, -0.05) is 6.08 Å². The van der Waals surface area contributed by atoms with Crippen molar-refractivity contribution in [1.29, 1.82) is 5.26 Å².